The van der Waals surface area contributed by atoms with E-state index in [2.05, 4.69) is 10.1 Å². The lowest BCUT2D eigenvalue weighted by Crippen LogP contribution is -2.45. The van der Waals surface area contributed by atoms with Crippen molar-refractivity contribution in [2.75, 3.05) is 39.4 Å². The van der Waals surface area contributed by atoms with Gasteiger partial charge in [-0.25, -0.2) is 8.78 Å². The molecule has 1 aromatic rings. The Kier molecular flexibility index (Phi) is 4.58. The molecule has 9 heteroatoms. The number of alkyl halides is 2. The third kappa shape index (κ3) is 3.66. The molecule has 0 unspecified atom stereocenters. The third-order valence-corrected chi connectivity index (χ3v) is 4.14. The number of hydrogen-bond donors (Lipinski definition) is 0. The van der Waals surface area contributed by atoms with Crippen molar-refractivity contribution in [2.45, 2.75) is 31.7 Å². The first-order chi connectivity index (χ1) is 11.0. The van der Waals surface area contributed by atoms with Crippen molar-refractivity contribution in [3.05, 3.63) is 11.7 Å². The molecule has 1 aromatic heterocycles. The molecule has 7 nitrogen and oxygen atoms in total. The molecule has 0 N–H and O–H groups in total. The number of aryl methyl sites for hydroxylation is 1. The lowest BCUT2D eigenvalue weighted by atomic mass is 10.2. The molecular weight excluding hydrogens is 310 g/mol. The van der Waals surface area contributed by atoms with E-state index in [-0.39, 0.29) is 18.3 Å². The summed E-state index contributed by atoms with van der Waals surface area (Å²) in [6, 6.07) is -0.855. The Balaban J connectivity index is 1.72. The first-order valence-corrected chi connectivity index (χ1v) is 7.78. The highest BCUT2D eigenvalue weighted by Crippen LogP contribution is 2.40. The average Bonchev–Trinajstić information content (AvgIpc) is 3.12. The number of carbonyl (C=O) groups excluding carboxylic acids is 1. The van der Waals surface area contributed by atoms with Crippen molar-refractivity contribution in [1.82, 2.24) is 19.9 Å². The zero-order valence-corrected chi connectivity index (χ0v) is 13.0. The van der Waals surface area contributed by atoms with Crippen molar-refractivity contribution in [3.8, 4) is 0 Å². The molecule has 128 valence electrons. The number of hydrogen-bond acceptors (Lipinski definition) is 6. The number of amides is 1. The van der Waals surface area contributed by atoms with Crippen LogP contribution in [0.1, 0.15) is 31.1 Å². The molecule has 3 rings (SSSR count). The number of carbonyl (C=O) groups is 1. The van der Waals surface area contributed by atoms with Crippen LogP contribution in [0.4, 0.5) is 8.78 Å². The molecule has 0 spiro atoms. The highest BCUT2D eigenvalue weighted by atomic mass is 19.3. The van der Waals surface area contributed by atoms with Gasteiger partial charge in [0.2, 0.25) is 11.8 Å². The number of aromatic nitrogens is 2. The fourth-order valence-corrected chi connectivity index (χ4v) is 2.89. The minimum Gasteiger partial charge on any atom is -0.379 e. The van der Waals surface area contributed by atoms with Crippen LogP contribution in [0.15, 0.2) is 4.52 Å². The summed E-state index contributed by atoms with van der Waals surface area (Å²) in [7, 11) is 0. The highest BCUT2D eigenvalue weighted by molar-refractivity contribution is 5.79. The van der Waals surface area contributed by atoms with Gasteiger partial charge in [-0.1, -0.05) is 12.1 Å². The Bertz CT molecular complexity index is 560. The standard InChI is InChI=1S/C14H20F2N4O3/c1-2-11-17-13(23-18-11)10-7-14(15,16)9-20(10)12(21)8-19-3-5-22-6-4-19/h10H,2-9H2,1H3/t10-/m0/s1. The summed E-state index contributed by atoms with van der Waals surface area (Å²) in [6.45, 7) is 3.70. The zero-order chi connectivity index (χ0) is 16.4. The van der Waals surface area contributed by atoms with E-state index >= 15 is 0 Å². The van der Waals surface area contributed by atoms with Crippen molar-refractivity contribution >= 4 is 5.91 Å². The van der Waals surface area contributed by atoms with Crippen LogP contribution < -0.4 is 0 Å². The monoisotopic (exact) mass is 330 g/mol. The first-order valence-electron chi connectivity index (χ1n) is 7.78. The second-order valence-electron chi connectivity index (χ2n) is 5.89. The van der Waals surface area contributed by atoms with Gasteiger partial charge in [0.05, 0.1) is 26.3 Å². The highest BCUT2D eigenvalue weighted by Gasteiger charge is 2.49. The van der Waals surface area contributed by atoms with Crippen molar-refractivity contribution in [2.24, 2.45) is 0 Å². The Morgan fingerprint density at radius 3 is 2.78 bits per heavy atom. The molecule has 2 aliphatic rings. The minimum atomic E-state index is -2.94. The predicted molar refractivity (Wildman–Crippen MR) is 75.0 cm³/mol. The second-order valence-corrected chi connectivity index (χ2v) is 5.89. The number of likely N-dealkylation sites (tertiary alicyclic amines) is 1. The maximum absolute atomic E-state index is 13.8. The number of morpholine rings is 1. The quantitative estimate of drug-likeness (QED) is 0.816. The van der Waals surface area contributed by atoms with Crippen LogP contribution in [-0.2, 0) is 16.0 Å². The fourth-order valence-electron chi connectivity index (χ4n) is 2.89. The van der Waals surface area contributed by atoms with E-state index in [1.54, 1.807) is 0 Å². The first kappa shape index (κ1) is 16.3. The molecule has 2 aliphatic heterocycles. The molecule has 0 aliphatic carbocycles. The van der Waals surface area contributed by atoms with Crippen LogP contribution in [0.5, 0.6) is 0 Å². The zero-order valence-electron chi connectivity index (χ0n) is 13.0. The second kappa shape index (κ2) is 6.48. The van der Waals surface area contributed by atoms with Gasteiger partial charge in [-0.2, -0.15) is 4.98 Å². The van der Waals surface area contributed by atoms with Crippen LogP contribution in [0.3, 0.4) is 0 Å². The smallest absolute Gasteiger partial charge is 0.267 e. The Morgan fingerprint density at radius 1 is 1.39 bits per heavy atom. The summed E-state index contributed by atoms with van der Waals surface area (Å²) in [5.41, 5.74) is 0. The summed E-state index contributed by atoms with van der Waals surface area (Å²) >= 11 is 0. The van der Waals surface area contributed by atoms with E-state index in [4.69, 9.17) is 9.26 Å². The van der Waals surface area contributed by atoms with Crippen molar-refractivity contribution in [3.63, 3.8) is 0 Å². The minimum absolute atomic E-state index is 0.0920. The molecule has 0 radical (unpaired) electrons. The molecule has 0 aromatic carbocycles. The molecule has 2 saturated heterocycles. The summed E-state index contributed by atoms with van der Waals surface area (Å²) in [5, 5.41) is 3.74. The van der Waals surface area contributed by atoms with Crippen LogP contribution >= 0.6 is 0 Å². The number of rotatable bonds is 4. The number of ether oxygens (including phenoxy) is 1. The summed E-state index contributed by atoms with van der Waals surface area (Å²) in [5.74, 6) is -2.73. The third-order valence-electron chi connectivity index (χ3n) is 4.14. The molecule has 23 heavy (non-hydrogen) atoms. The average molecular weight is 330 g/mol. The van der Waals surface area contributed by atoms with Gasteiger partial charge < -0.3 is 14.2 Å². The van der Waals surface area contributed by atoms with Crippen molar-refractivity contribution < 1.29 is 22.8 Å². The topological polar surface area (TPSA) is 71.7 Å². The molecule has 0 saturated carbocycles. The van der Waals surface area contributed by atoms with Gasteiger partial charge in [-0.05, 0) is 0 Å². The summed E-state index contributed by atoms with van der Waals surface area (Å²) < 4.78 is 38.0. The van der Waals surface area contributed by atoms with E-state index in [0.717, 1.165) is 0 Å². The van der Waals surface area contributed by atoms with Gasteiger partial charge in [0, 0.05) is 25.9 Å². The molecular formula is C14H20F2N4O3. The van der Waals surface area contributed by atoms with E-state index in [1.165, 1.54) is 4.90 Å². The van der Waals surface area contributed by atoms with Crippen LogP contribution in [0.2, 0.25) is 0 Å². The fraction of sp³-hybridized carbons (Fsp3) is 0.786. The Hall–Kier alpha value is -1.61. The van der Waals surface area contributed by atoms with E-state index in [1.807, 2.05) is 11.8 Å². The molecule has 0 bridgehead atoms. The maximum atomic E-state index is 13.8. The SMILES string of the molecule is CCc1noc([C@@H]2CC(F)(F)CN2C(=O)CN2CCOCC2)n1. The predicted octanol–water partition coefficient (Wildman–Crippen LogP) is 0.873. The largest absolute Gasteiger partial charge is 0.379 e. The maximum Gasteiger partial charge on any atom is 0.267 e. The molecule has 1 atom stereocenters. The van der Waals surface area contributed by atoms with E-state index < -0.39 is 24.9 Å². The normalized spacial score (nSPS) is 25.0. The Labute approximate surface area is 132 Å². The van der Waals surface area contributed by atoms with Gasteiger partial charge in [0.25, 0.3) is 5.92 Å². The molecule has 3 heterocycles. The van der Waals surface area contributed by atoms with Crippen LogP contribution in [0, 0.1) is 0 Å². The lowest BCUT2D eigenvalue weighted by molar-refractivity contribution is -0.136. The van der Waals surface area contributed by atoms with Crippen molar-refractivity contribution in [1.29, 1.82) is 0 Å². The van der Waals surface area contributed by atoms with Gasteiger partial charge in [0.1, 0.15) is 6.04 Å². The Morgan fingerprint density at radius 2 is 2.13 bits per heavy atom. The molecule has 2 fully saturated rings. The van der Waals surface area contributed by atoms with Crippen LogP contribution in [0.25, 0.3) is 0 Å². The summed E-state index contributed by atoms with van der Waals surface area (Å²) in [6.07, 6.45) is 0.0710. The van der Waals surface area contributed by atoms with Gasteiger partial charge in [-0.3, -0.25) is 9.69 Å². The lowest BCUT2D eigenvalue weighted by Gasteiger charge is -2.29. The summed E-state index contributed by atoms with van der Waals surface area (Å²) in [4.78, 5) is 19.7. The van der Waals surface area contributed by atoms with Gasteiger partial charge >= 0.3 is 0 Å². The van der Waals surface area contributed by atoms with E-state index in [0.29, 0.717) is 38.5 Å². The number of halogens is 2. The molecule has 1 amide bonds. The van der Waals surface area contributed by atoms with Gasteiger partial charge in [0.15, 0.2) is 5.82 Å². The number of nitrogens with zero attached hydrogens (tertiary/aromatic N) is 4. The van der Waals surface area contributed by atoms with Gasteiger partial charge in [-0.15, -0.1) is 0 Å². The van der Waals surface area contributed by atoms with E-state index in [9.17, 15) is 13.6 Å². The van der Waals surface area contributed by atoms with Crippen LogP contribution in [-0.4, -0.2) is 71.2 Å².